The second-order valence-corrected chi connectivity index (χ2v) is 5.14. The molecular weight excluding hydrogens is 340 g/mol. The molecule has 1 amide bonds. The number of nitrogens with one attached hydrogen (secondary N) is 2. The van der Waals surface area contributed by atoms with Crippen LogP contribution in [0.3, 0.4) is 0 Å². The molecule has 2 aromatic rings. The molecule has 0 radical (unpaired) electrons. The maximum absolute atomic E-state index is 14.5. The molecule has 1 aromatic carbocycles. The lowest BCUT2D eigenvalue weighted by molar-refractivity contribution is 0.102. The first-order valence-corrected chi connectivity index (χ1v) is 6.90. The summed E-state index contributed by atoms with van der Waals surface area (Å²) in [6.45, 7) is 3.25. The summed E-state index contributed by atoms with van der Waals surface area (Å²) in [6.07, 6.45) is 3.75. The molecule has 7 heteroatoms. The Labute approximate surface area is 146 Å². The molecule has 0 saturated carbocycles. The summed E-state index contributed by atoms with van der Waals surface area (Å²) in [5.74, 6) is -0.669. The molecule has 0 aliphatic carbocycles. The molecule has 124 valence electrons. The highest BCUT2D eigenvalue weighted by molar-refractivity contribution is 6.05. The second kappa shape index (κ2) is 8.24. The SMILES string of the molecule is Cc1ccncc1C(=O)Nc1ccc2c(c1F)CCNC2.Cl.Cl. The Morgan fingerprint density at radius 3 is 2.83 bits per heavy atom. The van der Waals surface area contributed by atoms with E-state index < -0.39 is 0 Å². The Bertz CT molecular complexity index is 710. The Hall–Kier alpha value is -1.69. The molecule has 1 aliphatic rings. The number of carbonyl (C=O) groups excluding carboxylic acids is 1. The minimum atomic E-state index is -0.339. The normalized spacial score (nSPS) is 12.4. The number of pyridine rings is 1. The quantitative estimate of drug-likeness (QED) is 0.867. The van der Waals surface area contributed by atoms with Crippen molar-refractivity contribution in [3.63, 3.8) is 0 Å². The third-order valence-electron chi connectivity index (χ3n) is 3.74. The van der Waals surface area contributed by atoms with Crippen molar-refractivity contribution in [1.82, 2.24) is 10.3 Å². The van der Waals surface area contributed by atoms with Gasteiger partial charge in [-0.15, -0.1) is 24.8 Å². The molecule has 3 rings (SSSR count). The maximum atomic E-state index is 14.5. The van der Waals surface area contributed by atoms with Crippen molar-refractivity contribution in [1.29, 1.82) is 0 Å². The lowest BCUT2D eigenvalue weighted by atomic mass is 9.99. The Morgan fingerprint density at radius 1 is 1.30 bits per heavy atom. The highest BCUT2D eigenvalue weighted by Crippen LogP contribution is 2.25. The van der Waals surface area contributed by atoms with E-state index in [1.165, 1.54) is 6.20 Å². The fourth-order valence-corrected chi connectivity index (χ4v) is 2.52. The fourth-order valence-electron chi connectivity index (χ4n) is 2.52. The van der Waals surface area contributed by atoms with Crippen LogP contribution in [-0.4, -0.2) is 17.4 Å². The van der Waals surface area contributed by atoms with E-state index in [1.807, 2.05) is 13.0 Å². The lowest BCUT2D eigenvalue weighted by Gasteiger charge is -2.19. The summed E-state index contributed by atoms with van der Waals surface area (Å²) in [6, 6.07) is 5.23. The van der Waals surface area contributed by atoms with E-state index in [2.05, 4.69) is 15.6 Å². The van der Waals surface area contributed by atoms with Gasteiger partial charge in [0.1, 0.15) is 5.82 Å². The molecule has 23 heavy (non-hydrogen) atoms. The Morgan fingerprint density at radius 2 is 2.09 bits per heavy atom. The smallest absolute Gasteiger partial charge is 0.257 e. The molecule has 1 aliphatic heterocycles. The van der Waals surface area contributed by atoms with Gasteiger partial charge in [0.05, 0.1) is 11.3 Å². The van der Waals surface area contributed by atoms with Crippen molar-refractivity contribution in [3.05, 3.63) is 58.7 Å². The topological polar surface area (TPSA) is 54.0 Å². The fraction of sp³-hybridized carbons (Fsp3) is 0.250. The van der Waals surface area contributed by atoms with Gasteiger partial charge in [0.2, 0.25) is 0 Å². The van der Waals surface area contributed by atoms with Gasteiger partial charge in [-0.2, -0.15) is 0 Å². The van der Waals surface area contributed by atoms with E-state index in [0.29, 0.717) is 24.1 Å². The number of nitrogens with zero attached hydrogens (tertiary/aromatic N) is 1. The van der Waals surface area contributed by atoms with Gasteiger partial charge >= 0.3 is 0 Å². The van der Waals surface area contributed by atoms with Crippen molar-refractivity contribution in [2.24, 2.45) is 0 Å². The monoisotopic (exact) mass is 357 g/mol. The van der Waals surface area contributed by atoms with Gasteiger partial charge in [-0.1, -0.05) is 6.07 Å². The molecule has 0 bridgehead atoms. The summed E-state index contributed by atoms with van der Waals surface area (Å²) >= 11 is 0. The van der Waals surface area contributed by atoms with Crippen LogP contribution in [0.1, 0.15) is 27.0 Å². The van der Waals surface area contributed by atoms with Gasteiger partial charge in [-0.3, -0.25) is 9.78 Å². The minimum absolute atomic E-state index is 0. The number of carbonyl (C=O) groups is 1. The lowest BCUT2D eigenvalue weighted by Crippen LogP contribution is -2.25. The van der Waals surface area contributed by atoms with E-state index >= 15 is 0 Å². The van der Waals surface area contributed by atoms with Crippen molar-refractivity contribution in [2.75, 3.05) is 11.9 Å². The number of fused-ring (bicyclic) bond motifs is 1. The number of aryl methyl sites for hydroxylation is 1. The van der Waals surface area contributed by atoms with E-state index in [0.717, 1.165) is 17.7 Å². The van der Waals surface area contributed by atoms with Crippen LogP contribution >= 0.6 is 24.8 Å². The largest absolute Gasteiger partial charge is 0.319 e. The van der Waals surface area contributed by atoms with Crippen molar-refractivity contribution in [2.45, 2.75) is 19.9 Å². The van der Waals surface area contributed by atoms with Crippen LogP contribution in [0.15, 0.2) is 30.6 Å². The van der Waals surface area contributed by atoms with Gasteiger partial charge in [-0.25, -0.2) is 4.39 Å². The Kier molecular flexibility index (Phi) is 6.94. The number of anilines is 1. The summed E-state index contributed by atoms with van der Waals surface area (Å²) in [7, 11) is 0. The molecular formula is C16H18Cl2FN3O. The zero-order chi connectivity index (χ0) is 14.8. The van der Waals surface area contributed by atoms with Crippen LogP contribution < -0.4 is 10.6 Å². The first-order chi connectivity index (χ1) is 10.2. The molecule has 0 saturated heterocycles. The molecule has 0 spiro atoms. The number of rotatable bonds is 2. The predicted octanol–water partition coefficient (Wildman–Crippen LogP) is 3.27. The molecule has 1 aromatic heterocycles. The van der Waals surface area contributed by atoms with Crippen LogP contribution in [0.5, 0.6) is 0 Å². The standard InChI is InChI=1S/C16H16FN3O.2ClH/c1-10-4-6-19-9-13(10)16(21)20-14-3-2-11-8-18-7-5-12(11)15(14)17;;/h2-4,6,9,18H,5,7-8H2,1H3,(H,20,21);2*1H. The average molecular weight is 358 g/mol. The number of aromatic nitrogens is 1. The molecule has 0 unspecified atom stereocenters. The third kappa shape index (κ3) is 3.99. The van der Waals surface area contributed by atoms with Gasteiger partial charge < -0.3 is 10.6 Å². The van der Waals surface area contributed by atoms with E-state index in [1.54, 1.807) is 18.3 Å². The van der Waals surface area contributed by atoms with Gasteiger partial charge in [0, 0.05) is 18.9 Å². The highest BCUT2D eigenvalue weighted by atomic mass is 35.5. The molecule has 0 atom stereocenters. The van der Waals surface area contributed by atoms with Crippen molar-refractivity contribution < 1.29 is 9.18 Å². The van der Waals surface area contributed by atoms with Crippen LogP contribution in [0.4, 0.5) is 10.1 Å². The Balaban J connectivity index is 0.00000132. The van der Waals surface area contributed by atoms with E-state index in [4.69, 9.17) is 0 Å². The van der Waals surface area contributed by atoms with Crippen LogP contribution in [0.25, 0.3) is 0 Å². The zero-order valence-electron chi connectivity index (χ0n) is 12.6. The minimum Gasteiger partial charge on any atom is -0.319 e. The van der Waals surface area contributed by atoms with Gasteiger partial charge in [0.15, 0.2) is 0 Å². The maximum Gasteiger partial charge on any atom is 0.257 e. The van der Waals surface area contributed by atoms with Gasteiger partial charge in [0.25, 0.3) is 5.91 Å². The molecule has 0 fully saturated rings. The molecule has 2 N–H and O–H groups in total. The number of amides is 1. The first kappa shape index (κ1) is 19.4. The van der Waals surface area contributed by atoms with Gasteiger partial charge in [-0.05, 0) is 48.7 Å². The summed E-state index contributed by atoms with van der Waals surface area (Å²) in [5, 5.41) is 5.84. The van der Waals surface area contributed by atoms with E-state index in [9.17, 15) is 9.18 Å². The second-order valence-electron chi connectivity index (χ2n) is 5.14. The van der Waals surface area contributed by atoms with Crippen molar-refractivity contribution in [3.8, 4) is 0 Å². The number of benzene rings is 1. The highest BCUT2D eigenvalue weighted by Gasteiger charge is 2.18. The first-order valence-electron chi connectivity index (χ1n) is 6.90. The number of halogens is 3. The predicted molar refractivity (Wildman–Crippen MR) is 93.2 cm³/mol. The van der Waals surface area contributed by atoms with Crippen LogP contribution in [0, 0.1) is 12.7 Å². The molecule has 2 heterocycles. The number of hydrogen-bond acceptors (Lipinski definition) is 3. The molecule has 4 nitrogen and oxygen atoms in total. The van der Waals surface area contributed by atoms with Crippen LogP contribution in [-0.2, 0) is 13.0 Å². The zero-order valence-corrected chi connectivity index (χ0v) is 14.2. The van der Waals surface area contributed by atoms with E-state index in [-0.39, 0.29) is 42.2 Å². The number of hydrogen-bond donors (Lipinski definition) is 2. The third-order valence-corrected chi connectivity index (χ3v) is 3.74. The summed E-state index contributed by atoms with van der Waals surface area (Å²) in [5.41, 5.74) is 3.13. The van der Waals surface area contributed by atoms with Crippen LogP contribution in [0.2, 0.25) is 0 Å². The summed E-state index contributed by atoms with van der Waals surface area (Å²) < 4.78 is 14.5. The average Bonchev–Trinajstić information content (AvgIpc) is 2.51. The summed E-state index contributed by atoms with van der Waals surface area (Å²) in [4.78, 5) is 16.2. The van der Waals surface area contributed by atoms with Crippen molar-refractivity contribution >= 4 is 36.4 Å².